The molecular formula is C21H30Si. The van der Waals surface area contributed by atoms with Crippen molar-refractivity contribution in [1.29, 1.82) is 0 Å². The van der Waals surface area contributed by atoms with Gasteiger partial charge in [0.05, 0.1) is 8.07 Å². The van der Waals surface area contributed by atoms with Crippen molar-refractivity contribution in [3.05, 3.63) is 54.1 Å². The number of hydrogen-bond acceptors (Lipinski definition) is 0. The maximum absolute atomic E-state index is 2.68. The first-order valence-corrected chi connectivity index (χ1v) is 11.8. The summed E-state index contributed by atoms with van der Waals surface area (Å²) in [4.78, 5) is 0. The van der Waals surface area contributed by atoms with E-state index in [9.17, 15) is 0 Å². The van der Waals surface area contributed by atoms with E-state index in [1.165, 1.54) is 44.9 Å². The van der Waals surface area contributed by atoms with Gasteiger partial charge < -0.3 is 0 Å². The second-order valence-corrected chi connectivity index (χ2v) is 11.9. The SMILES string of the molecule is CCCC1=CC=CC1[Si](C)(c1ccccc1)C1CCCCC1. The highest BCUT2D eigenvalue weighted by molar-refractivity contribution is 6.94. The van der Waals surface area contributed by atoms with E-state index in [4.69, 9.17) is 0 Å². The van der Waals surface area contributed by atoms with Gasteiger partial charge in [0.2, 0.25) is 0 Å². The lowest BCUT2D eigenvalue weighted by Crippen LogP contribution is -2.53. The van der Waals surface area contributed by atoms with Crippen LogP contribution in [0.25, 0.3) is 0 Å². The van der Waals surface area contributed by atoms with Crippen LogP contribution >= 0.6 is 0 Å². The Morgan fingerprint density at radius 3 is 2.45 bits per heavy atom. The molecule has 0 nitrogen and oxygen atoms in total. The van der Waals surface area contributed by atoms with Gasteiger partial charge in [0.1, 0.15) is 0 Å². The Hall–Kier alpha value is -1.08. The van der Waals surface area contributed by atoms with Gasteiger partial charge in [-0.1, -0.05) is 111 Å². The van der Waals surface area contributed by atoms with Crippen LogP contribution in [-0.2, 0) is 0 Å². The van der Waals surface area contributed by atoms with Crippen molar-refractivity contribution in [2.24, 2.45) is 0 Å². The zero-order valence-corrected chi connectivity index (χ0v) is 15.2. The van der Waals surface area contributed by atoms with Crippen molar-refractivity contribution >= 4 is 13.3 Å². The maximum atomic E-state index is 2.68. The molecule has 0 aliphatic heterocycles. The average Bonchev–Trinajstić information content (AvgIpc) is 3.05. The highest BCUT2D eigenvalue weighted by Gasteiger charge is 2.45. The zero-order valence-electron chi connectivity index (χ0n) is 14.2. The van der Waals surface area contributed by atoms with E-state index in [1.807, 2.05) is 0 Å². The minimum atomic E-state index is -1.55. The van der Waals surface area contributed by atoms with Crippen molar-refractivity contribution in [3.8, 4) is 0 Å². The highest BCUT2D eigenvalue weighted by atomic mass is 28.3. The fourth-order valence-corrected chi connectivity index (χ4v) is 10.2. The second-order valence-electron chi connectivity index (χ2n) is 7.34. The Morgan fingerprint density at radius 1 is 1.05 bits per heavy atom. The number of allylic oxidation sites excluding steroid dienone is 4. The largest absolute Gasteiger partial charge is 0.0974 e. The lowest BCUT2D eigenvalue weighted by molar-refractivity contribution is 0.491. The number of hydrogen-bond donors (Lipinski definition) is 0. The zero-order chi connectivity index (χ0) is 15.4. The Morgan fingerprint density at radius 2 is 1.77 bits per heavy atom. The van der Waals surface area contributed by atoms with Crippen molar-refractivity contribution in [1.82, 2.24) is 0 Å². The van der Waals surface area contributed by atoms with Crippen LogP contribution in [-0.4, -0.2) is 8.07 Å². The van der Waals surface area contributed by atoms with Gasteiger partial charge >= 0.3 is 0 Å². The van der Waals surface area contributed by atoms with E-state index in [0.717, 1.165) is 11.1 Å². The molecule has 0 N–H and O–H groups in total. The van der Waals surface area contributed by atoms with Crippen LogP contribution < -0.4 is 5.19 Å². The monoisotopic (exact) mass is 310 g/mol. The van der Waals surface area contributed by atoms with E-state index in [-0.39, 0.29) is 0 Å². The quantitative estimate of drug-likeness (QED) is 0.587. The van der Waals surface area contributed by atoms with Gasteiger partial charge in [-0.25, -0.2) is 0 Å². The number of benzene rings is 1. The van der Waals surface area contributed by atoms with Crippen LogP contribution in [0.3, 0.4) is 0 Å². The Balaban J connectivity index is 1.99. The van der Waals surface area contributed by atoms with Crippen LogP contribution in [0.1, 0.15) is 51.9 Å². The molecule has 0 heterocycles. The molecule has 118 valence electrons. The van der Waals surface area contributed by atoms with Gasteiger partial charge in [-0.15, -0.1) is 0 Å². The molecule has 2 aliphatic carbocycles. The van der Waals surface area contributed by atoms with Crippen LogP contribution in [0.4, 0.5) is 0 Å². The van der Waals surface area contributed by atoms with Gasteiger partial charge in [-0.3, -0.25) is 0 Å². The lowest BCUT2D eigenvalue weighted by atomic mass is 10.0. The molecule has 0 saturated heterocycles. The van der Waals surface area contributed by atoms with Gasteiger partial charge in [-0.2, -0.15) is 0 Å². The Bertz CT molecular complexity index is 536. The molecule has 0 aromatic heterocycles. The third kappa shape index (κ3) is 2.88. The fraction of sp³-hybridized carbons (Fsp3) is 0.524. The molecule has 0 amide bonds. The van der Waals surface area contributed by atoms with E-state index >= 15 is 0 Å². The minimum Gasteiger partial charge on any atom is -0.0797 e. The molecule has 0 bridgehead atoms. The lowest BCUT2D eigenvalue weighted by Gasteiger charge is -2.43. The third-order valence-corrected chi connectivity index (χ3v) is 11.8. The summed E-state index contributed by atoms with van der Waals surface area (Å²) in [6, 6.07) is 11.5. The molecule has 0 spiro atoms. The summed E-state index contributed by atoms with van der Waals surface area (Å²) in [6.07, 6.45) is 17.1. The Labute approximate surface area is 137 Å². The predicted octanol–water partition coefficient (Wildman–Crippen LogP) is 5.97. The molecule has 1 heteroatoms. The summed E-state index contributed by atoms with van der Waals surface area (Å²) < 4.78 is 0. The summed E-state index contributed by atoms with van der Waals surface area (Å²) in [5.74, 6) is 0. The first-order chi connectivity index (χ1) is 10.8. The van der Waals surface area contributed by atoms with Crippen LogP contribution in [0.5, 0.6) is 0 Å². The molecule has 1 fully saturated rings. The molecule has 1 saturated carbocycles. The number of rotatable bonds is 5. The maximum Gasteiger partial charge on any atom is 0.0974 e. The normalized spacial score (nSPS) is 25.0. The summed E-state index contributed by atoms with van der Waals surface area (Å²) in [6.45, 7) is 5.00. The standard InChI is InChI=1S/C21H30Si/c1-3-11-18-12-10-17-21(18)22(2,19-13-6-4-7-14-19)20-15-8-5-9-16-20/h4,6-7,10,12-14,17,20-21H,3,5,8-9,11,15-16H2,1-2H3. The summed E-state index contributed by atoms with van der Waals surface area (Å²) in [7, 11) is -1.55. The predicted molar refractivity (Wildman–Crippen MR) is 100 cm³/mol. The molecule has 2 atom stereocenters. The summed E-state index contributed by atoms with van der Waals surface area (Å²) in [5, 5.41) is 1.68. The average molecular weight is 311 g/mol. The van der Waals surface area contributed by atoms with Crippen LogP contribution in [0.15, 0.2) is 54.1 Å². The molecule has 2 aliphatic rings. The third-order valence-electron chi connectivity index (χ3n) is 6.05. The molecule has 0 radical (unpaired) electrons. The van der Waals surface area contributed by atoms with Gasteiger partial charge in [0, 0.05) is 0 Å². The van der Waals surface area contributed by atoms with Crippen molar-refractivity contribution in [3.63, 3.8) is 0 Å². The fourth-order valence-electron chi connectivity index (χ4n) is 4.80. The van der Waals surface area contributed by atoms with Crippen molar-refractivity contribution < 1.29 is 0 Å². The van der Waals surface area contributed by atoms with E-state index in [0.29, 0.717) is 0 Å². The highest BCUT2D eigenvalue weighted by Crippen LogP contribution is 2.48. The van der Waals surface area contributed by atoms with Gasteiger partial charge in [-0.05, 0) is 17.5 Å². The smallest absolute Gasteiger partial charge is 0.0797 e. The molecule has 3 rings (SSSR count). The molecular weight excluding hydrogens is 280 g/mol. The van der Waals surface area contributed by atoms with E-state index in [1.54, 1.807) is 10.8 Å². The molecule has 22 heavy (non-hydrogen) atoms. The molecule has 2 unspecified atom stereocenters. The van der Waals surface area contributed by atoms with E-state index < -0.39 is 8.07 Å². The summed E-state index contributed by atoms with van der Waals surface area (Å²) in [5.41, 5.74) is 3.40. The topological polar surface area (TPSA) is 0 Å². The van der Waals surface area contributed by atoms with Gasteiger partial charge in [0.25, 0.3) is 0 Å². The van der Waals surface area contributed by atoms with Crippen LogP contribution in [0, 0.1) is 0 Å². The van der Waals surface area contributed by atoms with Crippen molar-refractivity contribution in [2.75, 3.05) is 0 Å². The van der Waals surface area contributed by atoms with E-state index in [2.05, 4.69) is 62.0 Å². The second kappa shape index (κ2) is 7.00. The molecule has 1 aromatic carbocycles. The minimum absolute atomic E-state index is 0.734. The Kier molecular flexibility index (Phi) is 5.02. The molecule has 1 aromatic rings. The first kappa shape index (κ1) is 15.8. The summed E-state index contributed by atoms with van der Waals surface area (Å²) >= 11 is 0. The van der Waals surface area contributed by atoms with Crippen LogP contribution in [0.2, 0.25) is 17.6 Å². The van der Waals surface area contributed by atoms with Crippen molar-refractivity contribution in [2.45, 2.75) is 69.5 Å². The first-order valence-electron chi connectivity index (χ1n) is 9.19. The van der Waals surface area contributed by atoms with Gasteiger partial charge in [0.15, 0.2) is 0 Å².